The lowest BCUT2D eigenvalue weighted by molar-refractivity contribution is 0.959. The molecule has 58 heavy (non-hydrogen) atoms. The zero-order chi connectivity index (χ0) is 41.6. The van der Waals surface area contributed by atoms with E-state index in [0.29, 0.717) is 0 Å². The number of nitrogens with zero attached hydrogens (tertiary/aromatic N) is 2. The van der Waals surface area contributed by atoms with Gasteiger partial charge in [0.1, 0.15) is 0 Å². The first-order valence-electron chi connectivity index (χ1n) is 20.4. The number of nitrogens with one attached hydrogen (secondary N) is 1. The Morgan fingerprint density at radius 2 is 1.45 bits per heavy atom. The number of rotatable bonds is 17. The molecule has 3 aromatic carbocycles. The van der Waals surface area contributed by atoms with Crippen molar-refractivity contribution in [1.82, 2.24) is 9.13 Å². The van der Waals surface area contributed by atoms with Crippen LogP contribution in [0, 0.1) is 0 Å². The predicted octanol–water partition coefficient (Wildman–Crippen LogP) is 15.7. The third kappa shape index (κ3) is 9.33. The zero-order valence-electron chi connectivity index (χ0n) is 35.5. The van der Waals surface area contributed by atoms with E-state index in [1.165, 1.54) is 27.9 Å². The third-order valence-electron chi connectivity index (χ3n) is 10.2. The molecule has 0 saturated heterocycles. The lowest BCUT2D eigenvalue weighted by atomic mass is 9.99. The summed E-state index contributed by atoms with van der Waals surface area (Å²) >= 11 is 0. The second-order valence-corrected chi connectivity index (χ2v) is 14.1. The van der Waals surface area contributed by atoms with Gasteiger partial charge in [-0.15, -0.1) is 0 Å². The topological polar surface area (TPSA) is 21.9 Å². The van der Waals surface area contributed by atoms with Crippen LogP contribution in [0.1, 0.15) is 71.7 Å². The van der Waals surface area contributed by atoms with Crippen molar-refractivity contribution < 1.29 is 0 Å². The Kier molecular flexibility index (Phi) is 15.1. The van der Waals surface area contributed by atoms with Crippen LogP contribution in [0.2, 0.25) is 0 Å². The summed E-state index contributed by atoms with van der Waals surface area (Å²) in [5.41, 5.74) is 16.3. The van der Waals surface area contributed by atoms with Gasteiger partial charge in [-0.05, 0) is 124 Å². The highest BCUT2D eigenvalue weighted by Gasteiger charge is 2.26. The molecule has 0 radical (unpaired) electrons. The first-order valence-corrected chi connectivity index (χ1v) is 20.4. The molecule has 0 amide bonds. The Hall–Kier alpha value is -6.58. The minimum absolute atomic E-state index is 0.853. The SMILES string of the molecule is C=C/C=C\C(=C/C)c1cc2c3c(c(/C=C\C)c(CC)n3-c3ccccc3)n(-c3ccccc3)c2cc1NC(=C/C(=C)/C(C=C)=C/C=C\C)/C=C(C)/C(C)=C/C=C\CC. The number of fused-ring (bicyclic) bond motifs is 3. The Morgan fingerprint density at radius 3 is 2.03 bits per heavy atom. The molecule has 3 heteroatoms. The van der Waals surface area contributed by atoms with Gasteiger partial charge in [0.25, 0.3) is 0 Å². The molecule has 5 aromatic rings. The van der Waals surface area contributed by atoms with E-state index in [1.807, 2.05) is 43.4 Å². The molecule has 0 atom stereocenters. The normalized spacial score (nSPS) is 13.7. The second kappa shape index (κ2) is 20.5. The van der Waals surface area contributed by atoms with E-state index >= 15 is 0 Å². The lowest BCUT2D eigenvalue weighted by Crippen LogP contribution is -2.04. The molecule has 0 aliphatic rings. The van der Waals surface area contributed by atoms with E-state index in [2.05, 4.69) is 203 Å². The van der Waals surface area contributed by atoms with Crippen LogP contribution in [0.25, 0.3) is 45.0 Å². The molecule has 0 aliphatic heterocycles. The van der Waals surface area contributed by atoms with Crippen LogP contribution < -0.4 is 5.32 Å². The van der Waals surface area contributed by atoms with Gasteiger partial charge in [0, 0.05) is 45.0 Å². The number of para-hydroxylation sites is 2. The number of allylic oxidation sites excluding steroid dienone is 19. The molecule has 0 unspecified atom stereocenters. The summed E-state index contributed by atoms with van der Waals surface area (Å²) < 4.78 is 4.91. The standard InChI is InChI=1S/C55H59N3/c1-11-18-23-29-40(8)41(9)36-45(37-42(10)43(15-5)30-19-12-2)56-51-39-53-50(38-49(51)44(16-6)31-20-13-3)55-54(58(53)47-34-26-22-27-35-47)48(28-14-4)52(17-7)57(55)46-32-24-21-25-33-46/h12-16,18-39,56H,3,5,10-11,17H2,1-2,4,6-9H3/b19-12-,23-18-,28-14-,31-20-,40-29+,41-36+,43-30+,44-16+,45-37+. The van der Waals surface area contributed by atoms with Gasteiger partial charge in [-0.1, -0.05) is 149 Å². The van der Waals surface area contributed by atoms with Gasteiger partial charge in [-0.25, -0.2) is 0 Å². The summed E-state index contributed by atoms with van der Waals surface area (Å²) in [6, 6.07) is 26.1. The molecule has 0 aliphatic carbocycles. The summed E-state index contributed by atoms with van der Waals surface area (Å²) in [5, 5.41) is 5.10. The molecule has 0 bridgehead atoms. The summed E-state index contributed by atoms with van der Waals surface area (Å²) in [6.07, 6.45) is 33.2. The van der Waals surface area contributed by atoms with Crippen molar-refractivity contribution in [3.63, 3.8) is 0 Å². The van der Waals surface area contributed by atoms with E-state index in [4.69, 9.17) is 0 Å². The van der Waals surface area contributed by atoms with Gasteiger partial charge in [-0.2, -0.15) is 0 Å². The molecule has 0 fully saturated rings. The van der Waals surface area contributed by atoms with Crippen molar-refractivity contribution in [3.8, 4) is 11.4 Å². The maximum Gasteiger partial charge on any atom is 0.0801 e. The zero-order valence-corrected chi connectivity index (χ0v) is 35.5. The van der Waals surface area contributed by atoms with E-state index in [-0.39, 0.29) is 0 Å². The average Bonchev–Trinajstić information content (AvgIpc) is 3.73. The number of aromatic nitrogens is 2. The van der Waals surface area contributed by atoms with Crippen molar-refractivity contribution in [2.75, 3.05) is 5.32 Å². The average molecular weight is 762 g/mol. The van der Waals surface area contributed by atoms with Crippen molar-refractivity contribution >= 4 is 39.3 Å². The number of hydrogen-bond acceptors (Lipinski definition) is 1. The predicted molar refractivity (Wildman–Crippen MR) is 258 cm³/mol. The Balaban J connectivity index is 1.95. The Morgan fingerprint density at radius 1 is 0.759 bits per heavy atom. The first kappa shape index (κ1) is 42.6. The molecule has 2 aromatic heterocycles. The van der Waals surface area contributed by atoms with Crippen LogP contribution in [-0.4, -0.2) is 9.13 Å². The van der Waals surface area contributed by atoms with Crippen molar-refractivity contribution in [2.24, 2.45) is 0 Å². The largest absolute Gasteiger partial charge is 0.355 e. The third-order valence-corrected chi connectivity index (χ3v) is 10.2. The molecular formula is C55H59N3. The fourth-order valence-electron chi connectivity index (χ4n) is 7.31. The molecule has 2 heterocycles. The second-order valence-electron chi connectivity index (χ2n) is 14.1. The van der Waals surface area contributed by atoms with Crippen molar-refractivity contribution in [2.45, 2.75) is 61.3 Å². The molecule has 1 N–H and O–H groups in total. The quantitative estimate of drug-likeness (QED) is 0.0937. The minimum atomic E-state index is 0.853. The maximum absolute atomic E-state index is 4.50. The summed E-state index contributed by atoms with van der Waals surface area (Å²) in [5.74, 6) is 0. The lowest BCUT2D eigenvalue weighted by Gasteiger charge is -2.18. The van der Waals surface area contributed by atoms with Crippen LogP contribution in [0.15, 0.2) is 206 Å². The minimum Gasteiger partial charge on any atom is -0.355 e. The number of hydrogen-bond donors (Lipinski definition) is 1. The monoisotopic (exact) mass is 761 g/mol. The number of anilines is 1. The Labute approximate surface area is 347 Å². The molecular weight excluding hydrogens is 703 g/mol. The summed E-state index contributed by atoms with van der Waals surface area (Å²) in [7, 11) is 0. The molecule has 3 nitrogen and oxygen atoms in total. The highest BCUT2D eigenvalue weighted by atomic mass is 15.1. The van der Waals surface area contributed by atoms with Gasteiger partial charge in [0.2, 0.25) is 0 Å². The Bertz CT molecular complexity index is 2560. The van der Waals surface area contributed by atoms with E-state index in [1.54, 1.807) is 0 Å². The summed E-state index contributed by atoms with van der Waals surface area (Å²) in [4.78, 5) is 0. The van der Waals surface area contributed by atoms with Crippen LogP contribution >= 0.6 is 0 Å². The molecule has 5 rings (SSSR count). The fraction of sp³-hybridized carbons (Fsp3) is 0.164. The smallest absolute Gasteiger partial charge is 0.0801 e. The van der Waals surface area contributed by atoms with E-state index < -0.39 is 0 Å². The van der Waals surface area contributed by atoms with E-state index in [9.17, 15) is 0 Å². The van der Waals surface area contributed by atoms with Gasteiger partial charge < -0.3 is 14.5 Å². The van der Waals surface area contributed by atoms with Crippen LogP contribution in [-0.2, 0) is 6.42 Å². The van der Waals surface area contributed by atoms with Crippen LogP contribution in [0.4, 0.5) is 5.69 Å². The molecule has 0 saturated carbocycles. The molecule has 294 valence electrons. The van der Waals surface area contributed by atoms with Crippen molar-refractivity contribution in [1.29, 1.82) is 0 Å². The van der Waals surface area contributed by atoms with Gasteiger partial charge in [0.15, 0.2) is 0 Å². The summed E-state index contributed by atoms with van der Waals surface area (Å²) in [6.45, 7) is 27.5. The van der Waals surface area contributed by atoms with E-state index in [0.717, 1.165) is 74.4 Å². The number of benzene rings is 3. The van der Waals surface area contributed by atoms with Gasteiger partial charge in [-0.3, -0.25) is 0 Å². The van der Waals surface area contributed by atoms with Crippen LogP contribution in [0.3, 0.4) is 0 Å². The highest BCUT2D eigenvalue weighted by Crippen LogP contribution is 2.43. The molecule has 0 spiro atoms. The highest BCUT2D eigenvalue weighted by molar-refractivity contribution is 6.14. The first-order chi connectivity index (χ1) is 28.3. The van der Waals surface area contributed by atoms with Crippen molar-refractivity contribution in [3.05, 3.63) is 222 Å². The van der Waals surface area contributed by atoms with Crippen LogP contribution in [0.5, 0.6) is 0 Å². The van der Waals surface area contributed by atoms with Gasteiger partial charge in [0.05, 0.1) is 16.6 Å². The fourth-order valence-corrected chi connectivity index (χ4v) is 7.31. The maximum atomic E-state index is 4.50. The van der Waals surface area contributed by atoms with Gasteiger partial charge >= 0.3 is 0 Å².